The molecule has 6 aliphatic rings. The van der Waals surface area contributed by atoms with Gasteiger partial charge in [0.15, 0.2) is 11.6 Å². The molecule has 70 heavy (non-hydrogen) atoms. The first-order chi connectivity index (χ1) is 34.1. The van der Waals surface area contributed by atoms with Crippen molar-refractivity contribution < 1.29 is 19.1 Å². The Morgan fingerprint density at radius 3 is 1.40 bits per heavy atom. The summed E-state index contributed by atoms with van der Waals surface area (Å²) in [6.45, 7) is 15.5. The molecule has 10 heterocycles. The molecule has 0 N–H and O–H groups in total. The Morgan fingerprint density at radius 1 is 0.600 bits per heavy atom. The van der Waals surface area contributed by atoms with Gasteiger partial charge in [-0.15, -0.1) is 0 Å². The molecule has 2 aromatic carbocycles. The number of anilines is 4. The van der Waals surface area contributed by atoms with E-state index < -0.39 is 0 Å². The van der Waals surface area contributed by atoms with E-state index >= 15 is 0 Å². The number of nitrogens with zero attached hydrogens (tertiary/aromatic N) is 12. The van der Waals surface area contributed by atoms with Gasteiger partial charge in [-0.25, -0.2) is 0 Å². The Kier molecular flexibility index (Phi) is 12.6. The fourth-order valence-corrected chi connectivity index (χ4v) is 12.0. The summed E-state index contributed by atoms with van der Waals surface area (Å²) < 4.78 is 19.6. The van der Waals surface area contributed by atoms with Crippen LogP contribution in [0, 0.1) is 0 Å². The van der Waals surface area contributed by atoms with Crippen molar-refractivity contribution in [1.82, 2.24) is 48.9 Å². The Bertz CT molecular complexity index is 2700. The summed E-state index contributed by atoms with van der Waals surface area (Å²) in [6.07, 6.45) is 16.1. The van der Waals surface area contributed by atoms with E-state index in [9.17, 15) is 9.59 Å². The number of carbonyl (C=O) groups is 2. The highest BCUT2D eigenvalue weighted by Crippen LogP contribution is 2.47. The number of aromatic nitrogens is 8. The minimum Gasteiger partial charge on any atom is -0.379 e. The Labute approximate surface area is 411 Å². The topological polar surface area (TPSA) is 137 Å². The Hall–Kier alpha value is -6.26. The highest BCUT2D eigenvalue weighted by molar-refractivity contribution is 5.78. The zero-order valence-electron chi connectivity index (χ0n) is 41.8. The lowest BCUT2D eigenvalue weighted by Crippen LogP contribution is -2.36. The molecule has 0 saturated carbocycles. The molecular weight excluding hydrogens is 881 g/mol. The predicted molar refractivity (Wildman–Crippen MR) is 270 cm³/mol. The maximum absolute atomic E-state index is 12.3. The van der Waals surface area contributed by atoms with E-state index in [1.807, 2.05) is 45.7 Å². The highest BCUT2D eigenvalue weighted by Gasteiger charge is 2.37. The number of ether oxygens (including phenoxy) is 2. The third kappa shape index (κ3) is 8.50. The van der Waals surface area contributed by atoms with Crippen molar-refractivity contribution in [2.45, 2.75) is 116 Å². The molecule has 368 valence electrons. The molecule has 0 spiro atoms. The van der Waals surface area contributed by atoms with Gasteiger partial charge in [0.1, 0.15) is 0 Å². The molecule has 12 rings (SSSR count). The second-order valence-electron chi connectivity index (χ2n) is 20.2. The molecule has 2 fully saturated rings. The standard InChI is InChI=1S/2C27H34N6O2/c2*1-4-19-7-11-32(25-6-5-20(13-23(19)25)21-14-28-30(3)15-21)27-24-16-31(18(2)34)10-8-26(24)33(29-27)22-9-12-35-17-22/h2*5-6,13-15,19,22H,4,7-12,16-17H2,1-3H3/t19-,22+;19-,22-/m10/s1. The maximum atomic E-state index is 12.3. The number of fused-ring (bicyclic) bond motifs is 4. The van der Waals surface area contributed by atoms with Crippen LogP contribution in [0.3, 0.4) is 0 Å². The van der Waals surface area contributed by atoms with Crippen molar-refractivity contribution in [3.8, 4) is 22.3 Å². The van der Waals surface area contributed by atoms with Gasteiger partial charge in [-0.3, -0.25) is 28.3 Å². The van der Waals surface area contributed by atoms with Gasteiger partial charge in [-0.05, 0) is 96.9 Å². The summed E-state index contributed by atoms with van der Waals surface area (Å²) in [7, 11) is 3.91. The van der Waals surface area contributed by atoms with Gasteiger partial charge in [-0.1, -0.05) is 26.0 Å². The van der Waals surface area contributed by atoms with E-state index in [0.717, 1.165) is 114 Å². The quantitative estimate of drug-likeness (QED) is 0.146. The van der Waals surface area contributed by atoms with Crippen LogP contribution in [0.2, 0.25) is 0 Å². The number of amides is 2. The largest absolute Gasteiger partial charge is 0.379 e. The molecular formula is C54H68N12O4. The van der Waals surface area contributed by atoms with Crippen LogP contribution < -0.4 is 9.80 Å². The lowest BCUT2D eigenvalue weighted by atomic mass is 9.86. The van der Waals surface area contributed by atoms with Crippen LogP contribution in [0.1, 0.15) is 124 Å². The molecule has 4 atom stereocenters. The fraction of sp³-hybridized carbons (Fsp3) is 0.519. The highest BCUT2D eigenvalue weighted by atomic mass is 16.5. The second-order valence-corrected chi connectivity index (χ2v) is 20.2. The number of rotatable bonds is 8. The van der Waals surface area contributed by atoms with Crippen LogP contribution in [0.4, 0.5) is 23.0 Å². The van der Waals surface area contributed by atoms with Gasteiger partial charge < -0.3 is 29.1 Å². The molecule has 16 heteroatoms. The first-order valence-electron chi connectivity index (χ1n) is 25.7. The summed E-state index contributed by atoms with van der Waals surface area (Å²) in [4.78, 5) is 33.3. The van der Waals surface area contributed by atoms with Gasteiger partial charge in [0.2, 0.25) is 11.8 Å². The number of carbonyl (C=O) groups excluding carboxylic acids is 2. The van der Waals surface area contributed by atoms with Gasteiger partial charge in [0, 0.05) is 138 Å². The van der Waals surface area contributed by atoms with Gasteiger partial charge >= 0.3 is 0 Å². The molecule has 6 aromatic rings. The normalized spacial score (nSPS) is 21.8. The van der Waals surface area contributed by atoms with E-state index in [-0.39, 0.29) is 23.9 Å². The van der Waals surface area contributed by atoms with Crippen LogP contribution in [0.5, 0.6) is 0 Å². The number of hydrogen-bond acceptors (Lipinski definition) is 10. The molecule has 4 aromatic heterocycles. The number of hydrogen-bond donors (Lipinski definition) is 0. The minimum absolute atomic E-state index is 0.129. The minimum atomic E-state index is 0.129. The molecule has 0 radical (unpaired) electrons. The molecule has 6 aliphatic heterocycles. The van der Waals surface area contributed by atoms with Crippen LogP contribution in [-0.2, 0) is 59.1 Å². The number of aryl methyl sites for hydroxylation is 2. The average molecular weight is 949 g/mol. The second kappa shape index (κ2) is 19.2. The number of benzene rings is 2. The monoisotopic (exact) mass is 949 g/mol. The van der Waals surface area contributed by atoms with E-state index in [1.54, 1.807) is 13.8 Å². The van der Waals surface area contributed by atoms with Crippen molar-refractivity contribution in [1.29, 1.82) is 0 Å². The smallest absolute Gasteiger partial charge is 0.219 e. The van der Waals surface area contributed by atoms with Crippen LogP contribution in [-0.4, -0.2) is 113 Å². The lowest BCUT2D eigenvalue weighted by Gasteiger charge is -2.36. The van der Waals surface area contributed by atoms with Crippen LogP contribution in [0.15, 0.2) is 61.2 Å². The van der Waals surface area contributed by atoms with E-state index in [0.29, 0.717) is 38.1 Å². The van der Waals surface area contributed by atoms with Crippen molar-refractivity contribution in [3.63, 3.8) is 0 Å². The maximum Gasteiger partial charge on any atom is 0.219 e. The van der Waals surface area contributed by atoms with Crippen molar-refractivity contribution in [3.05, 3.63) is 94.8 Å². The summed E-state index contributed by atoms with van der Waals surface area (Å²) >= 11 is 0. The summed E-state index contributed by atoms with van der Waals surface area (Å²) in [5, 5.41) is 19.2. The zero-order chi connectivity index (χ0) is 48.2. The summed E-state index contributed by atoms with van der Waals surface area (Å²) in [5.41, 5.74) is 14.9. The molecule has 2 amide bonds. The zero-order valence-corrected chi connectivity index (χ0v) is 41.8. The summed E-state index contributed by atoms with van der Waals surface area (Å²) in [6, 6.07) is 14.2. The van der Waals surface area contributed by atoms with Crippen LogP contribution >= 0.6 is 0 Å². The third-order valence-corrected chi connectivity index (χ3v) is 16.0. The van der Waals surface area contributed by atoms with Crippen molar-refractivity contribution >= 4 is 34.8 Å². The third-order valence-electron chi connectivity index (χ3n) is 16.0. The average Bonchev–Trinajstić information content (AvgIpc) is 4.26. The summed E-state index contributed by atoms with van der Waals surface area (Å²) in [5.74, 6) is 3.33. The fourth-order valence-electron chi connectivity index (χ4n) is 12.0. The van der Waals surface area contributed by atoms with Crippen LogP contribution in [0.25, 0.3) is 22.3 Å². The van der Waals surface area contributed by atoms with Crippen molar-refractivity contribution in [2.24, 2.45) is 14.1 Å². The first-order valence-corrected chi connectivity index (χ1v) is 25.7. The molecule has 0 unspecified atom stereocenters. The molecule has 0 aliphatic carbocycles. The first kappa shape index (κ1) is 46.1. The molecule has 0 bridgehead atoms. The van der Waals surface area contributed by atoms with E-state index in [4.69, 9.17) is 19.7 Å². The lowest BCUT2D eigenvalue weighted by molar-refractivity contribution is -0.130. The van der Waals surface area contributed by atoms with Gasteiger partial charge in [0.05, 0.1) is 50.8 Å². The molecule has 2 saturated heterocycles. The van der Waals surface area contributed by atoms with Gasteiger partial charge in [-0.2, -0.15) is 20.4 Å². The SMILES string of the molecule is CC[C@@H]1CCN(c2nn([C@H]3CCOC3)c3c2CN(C(C)=O)CC3)c2ccc(-c3cnn(C)c3)cc21.CC[C@H]1CCN(c2nn([C@H]3CCOC3)c3c2CN(C(C)=O)CC3)c2ccc(-c3cnn(C)c3)cc21. The van der Waals surface area contributed by atoms with E-state index in [2.05, 4.69) is 92.0 Å². The van der Waals surface area contributed by atoms with Gasteiger partial charge in [0.25, 0.3) is 0 Å². The van der Waals surface area contributed by atoms with Crippen molar-refractivity contribution in [2.75, 3.05) is 62.4 Å². The van der Waals surface area contributed by atoms with E-state index in [1.165, 1.54) is 56.1 Å². The Balaban J connectivity index is 0.000000152. The Morgan fingerprint density at radius 2 is 1.04 bits per heavy atom. The predicted octanol–water partition coefficient (Wildman–Crippen LogP) is 8.37. The molecule has 16 nitrogen and oxygen atoms in total.